The summed E-state index contributed by atoms with van der Waals surface area (Å²) in [6, 6.07) is 8.70. The van der Waals surface area contributed by atoms with Crippen molar-refractivity contribution in [2.75, 3.05) is 19.6 Å². The van der Waals surface area contributed by atoms with Crippen LogP contribution >= 0.6 is 0 Å². The molecule has 2 saturated heterocycles. The SMILES string of the molecule is O=C(C1CC(F)(F)CN1)N1CCC(C(O)c2ccccc2)CC1. The molecule has 2 aliphatic heterocycles. The van der Waals surface area contributed by atoms with Gasteiger partial charge in [0.2, 0.25) is 5.91 Å². The molecule has 4 nitrogen and oxygen atoms in total. The molecule has 1 amide bonds. The smallest absolute Gasteiger partial charge is 0.262 e. The highest BCUT2D eigenvalue weighted by Gasteiger charge is 2.44. The number of carbonyl (C=O) groups is 1. The van der Waals surface area contributed by atoms with E-state index in [1.54, 1.807) is 4.90 Å². The third kappa shape index (κ3) is 3.70. The van der Waals surface area contributed by atoms with Gasteiger partial charge in [0.15, 0.2) is 0 Å². The first-order chi connectivity index (χ1) is 11.0. The second-order valence-electron chi connectivity index (χ2n) is 6.51. The molecule has 0 spiro atoms. The molecule has 1 aromatic carbocycles. The number of likely N-dealkylation sites (tertiary alicyclic amines) is 1. The van der Waals surface area contributed by atoms with Crippen LogP contribution in [-0.2, 0) is 4.79 Å². The van der Waals surface area contributed by atoms with Gasteiger partial charge in [-0.1, -0.05) is 30.3 Å². The van der Waals surface area contributed by atoms with Gasteiger partial charge in [-0.2, -0.15) is 0 Å². The van der Waals surface area contributed by atoms with Crippen molar-refractivity contribution in [1.29, 1.82) is 0 Å². The molecule has 0 bridgehead atoms. The number of rotatable bonds is 3. The number of hydrogen-bond acceptors (Lipinski definition) is 3. The lowest BCUT2D eigenvalue weighted by Gasteiger charge is -2.35. The Hall–Kier alpha value is -1.53. The van der Waals surface area contributed by atoms with E-state index in [-0.39, 0.29) is 11.8 Å². The largest absolute Gasteiger partial charge is 0.388 e. The van der Waals surface area contributed by atoms with Gasteiger partial charge < -0.3 is 10.0 Å². The second kappa shape index (κ2) is 6.53. The third-order valence-corrected chi connectivity index (χ3v) is 4.85. The number of amides is 1. The van der Waals surface area contributed by atoms with E-state index < -0.39 is 31.0 Å². The van der Waals surface area contributed by atoms with Crippen LogP contribution < -0.4 is 5.32 Å². The Kier molecular flexibility index (Phi) is 4.64. The van der Waals surface area contributed by atoms with E-state index in [2.05, 4.69) is 5.32 Å². The Bertz CT molecular complexity index is 545. The summed E-state index contributed by atoms with van der Waals surface area (Å²) in [4.78, 5) is 13.9. The summed E-state index contributed by atoms with van der Waals surface area (Å²) in [6.45, 7) is 0.598. The molecule has 0 radical (unpaired) electrons. The minimum Gasteiger partial charge on any atom is -0.388 e. The van der Waals surface area contributed by atoms with Crippen LogP contribution in [0, 0.1) is 5.92 Å². The fraction of sp³-hybridized carbons (Fsp3) is 0.588. The minimum atomic E-state index is -2.79. The molecule has 3 rings (SSSR count). The van der Waals surface area contributed by atoms with Gasteiger partial charge in [0.1, 0.15) is 0 Å². The molecule has 2 fully saturated rings. The summed E-state index contributed by atoms with van der Waals surface area (Å²) in [5.74, 6) is -2.93. The zero-order valence-electron chi connectivity index (χ0n) is 12.9. The Morgan fingerprint density at radius 1 is 1.26 bits per heavy atom. The highest BCUT2D eigenvalue weighted by molar-refractivity contribution is 5.82. The van der Waals surface area contributed by atoms with Crippen LogP contribution in [0.25, 0.3) is 0 Å². The van der Waals surface area contributed by atoms with Crippen molar-refractivity contribution in [1.82, 2.24) is 10.2 Å². The maximum atomic E-state index is 13.2. The van der Waals surface area contributed by atoms with Crippen molar-refractivity contribution in [3.8, 4) is 0 Å². The topological polar surface area (TPSA) is 52.6 Å². The zero-order chi connectivity index (χ0) is 16.4. The van der Waals surface area contributed by atoms with E-state index in [4.69, 9.17) is 0 Å². The van der Waals surface area contributed by atoms with Crippen molar-refractivity contribution < 1.29 is 18.7 Å². The third-order valence-electron chi connectivity index (χ3n) is 4.85. The van der Waals surface area contributed by atoms with Crippen LogP contribution in [0.2, 0.25) is 0 Å². The fourth-order valence-corrected chi connectivity index (χ4v) is 3.47. The highest BCUT2D eigenvalue weighted by atomic mass is 19.3. The van der Waals surface area contributed by atoms with Gasteiger partial charge in [0.25, 0.3) is 5.92 Å². The first-order valence-corrected chi connectivity index (χ1v) is 8.09. The van der Waals surface area contributed by atoms with E-state index in [9.17, 15) is 18.7 Å². The molecular weight excluding hydrogens is 302 g/mol. The average Bonchev–Trinajstić information content (AvgIpc) is 2.94. The number of halogens is 2. The molecule has 6 heteroatoms. The number of aliphatic hydroxyl groups excluding tert-OH is 1. The van der Waals surface area contributed by atoms with Gasteiger partial charge in [-0.15, -0.1) is 0 Å². The lowest BCUT2D eigenvalue weighted by molar-refractivity contribution is -0.135. The Labute approximate surface area is 134 Å². The lowest BCUT2D eigenvalue weighted by Crippen LogP contribution is -2.47. The first-order valence-electron chi connectivity index (χ1n) is 8.09. The van der Waals surface area contributed by atoms with Crippen LogP contribution in [0.15, 0.2) is 30.3 Å². The van der Waals surface area contributed by atoms with Gasteiger partial charge in [0, 0.05) is 19.5 Å². The zero-order valence-corrected chi connectivity index (χ0v) is 12.9. The molecule has 23 heavy (non-hydrogen) atoms. The van der Waals surface area contributed by atoms with Crippen molar-refractivity contribution in [3.63, 3.8) is 0 Å². The van der Waals surface area contributed by atoms with E-state index in [1.807, 2.05) is 30.3 Å². The van der Waals surface area contributed by atoms with E-state index in [0.29, 0.717) is 25.9 Å². The van der Waals surface area contributed by atoms with Gasteiger partial charge in [-0.05, 0) is 24.3 Å². The molecule has 2 aliphatic rings. The van der Waals surface area contributed by atoms with Crippen molar-refractivity contribution in [2.24, 2.45) is 5.92 Å². The molecule has 2 N–H and O–H groups in total. The van der Waals surface area contributed by atoms with Crippen LogP contribution in [0.4, 0.5) is 8.78 Å². The number of alkyl halides is 2. The molecule has 0 aliphatic carbocycles. The number of aliphatic hydroxyl groups is 1. The number of hydrogen-bond donors (Lipinski definition) is 2. The molecule has 2 unspecified atom stereocenters. The number of piperidine rings is 1. The summed E-state index contributed by atoms with van der Waals surface area (Å²) >= 11 is 0. The van der Waals surface area contributed by atoms with Crippen LogP contribution in [0.5, 0.6) is 0 Å². The number of carbonyl (C=O) groups excluding carboxylic acids is 1. The van der Waals surface area contributed by atoms with Crippen molar-refractivity contribution >= 4 is 5.91 Å². The standard InChI is InChI=1S/C17H22F2N2O2/c18-17(19)10-14(20-11-17)16(23)21-8-6-13(7-9-21)15(22)12-4-2-1-3-5-12/h1-5,13-15,20,22H,6-11H2. The van der Waals surface area contributed by atoms with Crippen molar-refractivity contribution in [3.05, 3.63) is 35.9 Å². The quantitative estimate of drug-likeness (QED) is 0.894. The lowest BCUT2D eigenvalue weighted by atomic mass is 9.87. The molecule has 2 heterocycles. The second-order valence-corrected chi connectivity index (χ2v) is 6.51. The van der Waals surface area contributed by atoms with Gasteiger partial charge in [0.05, 0.1) is 18.7 Å². The van der Waals surface area contributed by atoms with E-state index in [0.717, 1.165) is 5.56 Å². The minimum absolute atomic E-state index is 0.0967. The maximum Gasteiger partial charge on any atom is 0.262 e. The van der Waals surface area contributed by atoms with Gasteiger partial charge in [-0.3, -0.25) is 10.1 Å². The van der Waals surface area contributed by atoms with Gasteiger partial charge >= 0.3 is 0 Å². The fourth-order valence-electron chi connectivity index (χ4n) is 3.47. The molecule has 2 atom stereocenters. The monoisotopic (exact) mass is 324 g/mol. The highest BCUT2D eigenvalue weighted by Crippen LogP contribution is 2.32. The predicted molar refractivity (Wildman–Crippen MR) is 82.1 cm³/mol. The Morgan fingerprint density at radius 2 is 1.91 bits per heavy atom. The Balaban J connectivity index is 1.53. The summed E-state index contributed by atoms with van der Waals surface area (Å²) in [5, 5.41) is 13.0. The number of nitrogens with zero attached hydrogens (tertiary/aromatic N) is 1. The predicted octanol–water partition coefficient (Wildman–Crippen LogP) is 1.96. The van der Waals surface area contributed by atoms with E-state index in [1.165, 1.54) is 0 Å². The van der Waals surface area contributed by atoms with Crippen molar-refractivity contribution in [2.45, 2.75) is 37.3 Å². The summed E-state index contributed by atoms with van der Waals surface area (Å²) in [7, 11) is 0. The normalized spacial score (nSPS) is 26.2. The summed E-state index contributed by atoms with van der Waals surface area (Å²) in [6.07, 6.45) is 0.413. The Morgan fingerprint density at radius 3 is 2.48 bits per heavy atom. The first kappa shape index (κ1) is 16.3. The average molecular weight is 324 g/mol. The molecular formula is C17H22F2N2O2. The molecule has 1 aromatic rings. The summed E-state index contributed by atoms with van der Waals surface area (Å²) in [5.41, 5.74) is 0.884. The number of benzene rings is 1. The van der Waals surface area contributed by atoms with Crippen LogP contribution in [0.3, 0.4) is 0 Å². The van der Waals surface area contributed by atoms with Crippen LogP contribution in [0.1, 0.15) is 30.9 Å². The molecule has 0 aromatic heterocycles. The van der Waals surface area contributed by atoms with E-state index >= 15 is 0 Å². The van der Waals surface area contributed by atoms with Crippen LogP contribution in [-0.4, -0.2) is 47.5 Å². The molecule has 126 valence electrons. The molecule has 0 saturated carbocycles. The number of nitrogens with one attached hydrogen (secondary N) is 1. The summed E-state index contributed by atoms with van der Waals surface area (Å²) < 4.78 is 26.4. The maximum absolute atomic E-state index is 13.2. The van der Waals surface area contributed by atoms with Gasteiger partial charge in [-0.25, -0.2) is 8.78 Å².